The largest absolute Gasteiger partial charge is 0.483 e. The van der Waals surface area contributed by atoms with E-state index in [9.17, 15) is 9.59 Å². The summed E-state index contributed by atoms with van der Waals surface area (Å²) in [6, 6.07) is 18.7. The number of nitrogens with one attached hydrogen (secondary N) is 1. The number of hydrazone groups is 1. The molecule has 1 N–H and O–H groups in total. The molecule has 7 nitrogen and oxygen atoms in total. The van der Waals surface area contributed by atoms with E-state index in [1.54, 1.807) is 35.4 Å². The molecule has 3 aromatic carbocycles. The van der Waals surface area contributed by atoms with Crippen LogP contribution in [0.5, 0.6) is 5.75 Å². The lowest BCUT2D eigenvalue weighted by molar-refractivity contribution is -0.137. The molecule has 1 heterocycles. The van der Waals surface area contributed by atoms with E-state index in [0.717, 1.165) is 16.3 Å². The summed E-state index contributed by atoms with van der Waals surface area (Å²) in [5.74, 6) is 0.207. The van der Waals surface area contributed by atoms with Gasteiger partial charge in [0.1, 0.15) is 5.75 Å². The van der Waals surface area contributed by atoms with E-state index in [4.69, 9.17) is 9.47 Å². The molecule has 4 rings (SSSR count). The molecule has 0 aliphatic carbocycles. The average Bonchev–Trinajstić information content (AvgIpc) is 2.83. The Morgan fingerprint density at radius 2 is 1.84 bits per heavy atom. The van der Waals surface area contributed by atoms with Crippen molar-refractivity contribution < 1.29 is 19.1 Å². The van der Waals surface area contributed by atoms with E-state index < -0.39 is 0 Å². The zero-order chi connectivity index (χ0) is 22.3. The second-order valence-electron chi connectivity index (χ2n) is 7.23. The molecular formula is C24H22BrN3O4. The molecule has 3 aromatic rings. The lowest BCUT2D eigenvalue weighted by Crippen LogP contribution is -2.43. The predicted octanol–water partition coefficient (Wildman–Crippen LogP) is 3.60. The van der Waals surface area contributed by atoms with Gasteiger partial charge in [-0.3, -0.25) is 9.59 Å². The van der Waals surface area contributed by atoms with Crippen LogP contribution < -0.4 is 10.2 Å². The molecule has 1 aliphatic rings. The van der Waals surface area contributed by atoms with Gasteiger partial charge in [-0.05, 0) is 62.6 Å². The van der Waals surface area contributed by atoms with E-state index in [1.165, 1.54) is 0 Å². The van der Waals surface area contributed by atoms with Crippen LogP contribution in [0.3, 0.4) is 0 Å². The third kappa shape index (κ3) is 5.52. The van der Waals surface area contributed by atoms with Gasteiger partial charge < -0.3 is 14.4 Å². The zero-order valence-corrected chi connectivity index (χ0v) is 18.9. The van der Waals surface area contributed by atoms with Crippen molar-refractivity contribution in [2.75, 3.05) is 32.9 Å². The normalized spacial score (nSPS) is 14.0. The highest BCUT2D eigenvalue weighted by atomic mass is 79.9. The molecule has 1 aliphatic heterocycles. The number of rotatable bonds is 6. The van der Waals surface area contributed by atoms with Crippen molar-refractivity contribution in [1.82, 2.24) is 10.3 Å². The molecule has 0 aromatic heterocycles. The van der Waals surface area contributed by atoms with Gasteiger partial charge in [0.25, 0.3) is 11.8 Å². The van der Waals surface area contributed by atoms with Gasteiger partial charge >= 0.3 is 0 Å². The maximum atomic E-state index is 12.4. The maximum absolute atomic E-state index is 12.4. The van der Waals surface area contributed by atoms with E-state index in [0.29, 0.717) is 42.1 Å². The number of ether oxygens (including phenoxy) is 2. The number of nitrogens with zero attached hydrogens (tertiary/aromatic N) is 2. The first-order valence-electron chi connectivity index (χ1n) is 10.2. The fraction of sp³-hybridized carbons (Fsp3) is 0.208. The standard InChI is InChI=1S/C24H22BrN3O4/c25-21-13-17(5-8-22(21)32-16-23(29)28-9-11-31-12-10-28)15-26-27-24(30)20-7-6-18-3-1-2-4-19(18)14-20/h1-8,13-15H,9-12,16H2,(H,27,30). The summed E-state index contributed by atoms with van der Waals surface area (Å²) >= 11 is 3.45. The molecule has 8 heteroatoms. The lowest BCUT2D eigenvalue weighted by Gasteiger charge is -2.26. The first-order valence-corrected chi connectivity index (χ1v) is 11.0. The van der Waals surface area contributed by atoms with Gasteiger partial charge in [-0.15, -0.1) is 0 Å². The van der Waals surface area contributed by atoms with Crippen molar-refractivity contribution in [3.05, 3.63) is 76.3 Å². The number of carbonyl (C=O) groups is 2. The van der Waals surface area contributed by atoms with Crippen LogP contribution in [-0.4, -0.2) is 55.8 Å². The summed E-state index contributed by atoms with van der Waals surface area (Å²) in [7, 11) is 0. The first-order chi connectivity index (χ1) is 15.6. The highest BCUT2D eigenvalue weighted by Crippen LogP contribution is 2.25. The van der Waals surface area contributed by atoms with Crippen LogP contribution >= 0.6 is 15.9 Å². The average molecular weight is 496 g/mol. The Kier molecular flexibility index (Phi) is 7.14. The highest BCUT2D eigenvalue weighted by Gasteiger charge is 2.17. The number of hydrogen-bond donors (Lipinski definition) is 1. The van der Waals surface area contributed by atoms with Gasteiger partial charge in [0.05, 0.1) is 23.9 Å². The van der Waals surface area contributed by atoms with Crippen molar-refractivity contribution in [3.63, 3.8) is 0 Å². The van der Waals surface area contributed by atoms with Gasteiger partial charge in [0, 0.05) is 18.7 Å². The van der Waals surface area contributed by atoms with Crippen LogP contribution in [-0.2, 0) is 9.53 Å². The molecule has 0 spiro atoms. The number of hydrogen-bond acceptors (Lipinski definition) is 5. The Morgan fingerprint density at radius 3 is 2.62 bits per heavy atom. The van der Waals surface area contributed by atoms with Crippen LogP contribution in [0.4, 0.5) is 0 Å². The molecule has 2 amide bonds. The summed E-state index contributed by atoms with van der Waals surface area (Å²) in [6.07, 6.45) is 1.55. The summed E-state index contributed by atoms with van der Waals surface area (Å²) in [6.45, 7) is 2.25. The molecule has 32 heavy (non-hydrogen) atoms. The molecule has 0 radical (unpaired) electrons. The smallest absolute Gasteiger partial charge is 0.271 e. The Morgan fingerprint density at radius 1 is 1.06 bits per heavy atom. The predicted molar refractivity (Wildman–Crippen MR) is 126 cm³/mol. The Balaban J connectivity index is 1.32. The van der Waals surface area contributed by atoms with Crippen molar-refractivity contribution in [2.24, 2.45) is 5.10 Å². The molecule has 0 atom stereocenters. The van der Waals surface area contributed by atoms with Crippen LogP contribution in [0, 0.1) is 0 Å². The van der Waals surface area contributed by atoms with Gasteiger partial charge in [-0.1, -0.05) is 30.3 Å². The van der Waals surface area contributed by atoms with Gasteiger partial charge in [-0.25, -0.2) is 5.43 Å². The monoisotopic (exact) mass is 495 g/mol. The Bertz CT molecular complexity index is 1160. The Hall–Kier alpha value is -3.23. The summed E-state index contributed by atoms with van der Waals surface area (Å²) in [5.41, 5.74) is 3.85. The van der Waals surface area contributed by atoms with E-state index >= 15 is 0 Å². The summed E-state index contributed by atoms with van der Waals surface area (Å²) < 4.78 is 11.6. The van der Waals surface area contributed by atoms with Crippen LogP contribution in [0.2, 0.25) is 0 Å². The first kappa shape index (κ1) is 22.0. The van der Waals surface area contributed by atoms with Crippen LogP contribution in [0.1, 0.15) is 15.9 Å². The molecule has 0 saturated carbocycles. The van der Waals surface area contributed by atoms with Crippen LogP contribution in [0.15, 0.2) is 70.2 Å². The van der Waals surface area contributed by atoms with Crippen molar-refractivity contribution in [3.8, 4) is 5.75 Å². The minimum Gasteiger partial charge on any atom is -0.483 e. The van der Waals surface area contributed by atoms with Gasteiger partial charge in [0.15, 0.2) is 6.61 Å². The SMILES string of the molecule is O=C(NN=Cc1ccc(OCC(=O)N2CCOCC2)c(Br)c1)c1ccc2ccccc2c1. The van der Waals surface area contributed by atoms with Gasteiger partial charge in [-0.2, -0.15) is 5.10 Å². The third-order valence-corrected chi connectivity index (χ3v) is 5.68. The summed E-state index contributed by atoms with van der Waals surface area (Å²) in [4.78, 5) is 26.3. The number of carbonyl (C=O) groups excluding carboxylic acids is 2. The summed E-state index contributed by atoms with van der Waals surface area (Å²) in [5, 5.41) is 6.12. The molecule has 1 saturated heterocycles. The van der Waals surface area contributed by atoms with E-state index in [-0.39, 0.29) is 18.4 Å². The fourth-order valence-electron chi connectivity index (χ4n) is 3.32. The van der Waals surface area contributed by atoms with E-state index in [1.807, 2.05) is 36.4 Å². The third-order valence-electron chi connectivity index (χ3n) is 5.06. The van der Waals surface area contributed by atoms with Crippen molar-refractivity contribution in [1.29, 1.82) is 0 Å². The molecule has 0 unspecified atom stereocenters. The number of fused-ring (bicyclic) bond motifs is 1. The van der Waals surface area contributed by atoms with E-state index in [2.05, 4.69) is 26.5 Å². The zero-order valence-electron chi connectivity index (χ0n) is 17.3. The number of morpholine rings is 1. The number of halogens is 1. The molecule has 164 valence electrons. The Labute approximate surface area is 194 Å². The number of benzene rings is 3. The number of amides is 2. The second-order valence-corrected chi connectivity index (χ2v) is 8.09. The lowest BCUT2D eigenvalue weighted by atomic mass is 10.1. The van der Waals surface area contributed by atoms with Crippen LogP contribution in [0.25, 0.3) is 10.8 Å². The highest BCUT2D eigenvalue weighted by molar-refractivity contribution is 9.10. The van der Waals surface area contributed by atoms with Crippen molar-refractivity contribution >= 4 is 44.7 Å². The molecular weight excluding hydrogens is 474 g/mol. The molecule has 0 bridgehead atoms. The fourth-order valence-corrected chi connectivity index (χ4v) is 3.83. The quantitative estimate of drug-likeness (QED) is 0.418. The maximum Gasteiger partial charge on any atom is 0.271 e. The minimum absolute atomic E-state index is 0.0339. The van der Waals surface area contributed by atoms with Crippen molar-refractivity contribution in [2.45, 2.75) is 0 Å². The minimum atomic E-state index is -0.285. The molecule has 1 fully saturated rings. The second kappa shape index (κ2) is 10.4. The topological polar surface area (TPSA) is 80.2 Å². The van der Waals surface area contributed by atoms with Gasteiger partial charge in [0.2, 0.25) is 0 Å².